The van der Waals surface area contributed by atoms with Crippen molar-refractivity contribution in [3.63, 3.8) is 0 Å². The Morgan fingerprint density at radius 2 is 1.57 bits per heavy atom. The van der Waals surface area contributed by atoms with Gasteiger partial charge in [-0.25, -0.2) is 17.6 Å². The van der Waals surface area contributed by atoms with E-state index in [9.17, 15) is 31.9 Å². The topological polar surface area (TPSA) is 72.5 Å². The van der Waals surface area contributed by atoms with E-state index in [0.717, 1.165) is 18.2 Å². The second-order valence-electron chi connectivity index (χ2n) is 5.77. The summed E-state index contributed by atoms with van der Waals surface area (Å²) in [5, 5.41) is 1.98. The van der Waals surface area contributed by atoms with Crippen molar-refractivity contribution in [3.05, 3.63) is 65.2 Å². The molecule has 0 aromatic heterocycles. The van der Waals surface area contributed by atoms with Gasteiger partial charge in [-0.2, -0.15) is 0 Å². The third-order valence-corrected chi connectivity index (χ3v) is 3.69. The van der Waals surface area contributed by atoms with Gasteiger partial charge in [0.25, 0.3) is 5.91 Å². The molecule has 0 aliphatic carbocycles. The predicted octanol–water partition coefficient (Wildman–Crippen LogP) is 3.78. The van der Waals surface area contributed by atoms with Gasteiger partial charge in [0.05, 0.1) is 12.1 Å². The molecule has 0 unspecified atom stereocenters. The summed E-state index contributed by atoms with van der Waals surface area (Å²) in [4.78, 5) is 35.6. The van der Waals surface area contributed by atoms with Crippen LogP contribution in [-0.2, 0) is 14.3 Å². The summed E-state index contributed by atoms with van der Waals surface area (Å²) in [6.45, 7) is 1.19. The number of halogens is 4. The Labute approximate surface area is 157 Å². The number of benzene rings is 2. The summed E-state index contributed by atoms with van der Waals surface area (Å²) in [6, 6.07) is 6.21. The lowest BCUT2D eigenvalue weighted by Crippen LogP contribution is -2.30. The number of Topliss-reactive ketones (excluding diaryl/α,β-unsaturated/α-hetero) is 1. The molecule has 9 heteroatoms. The van der Waals surface area contributed by atoms with Crippen molar-refractivity contribution in [2.24, 2.45) is 0 Å². The Kier molecular flexibility index (Phi) is 6.86. The number of hydrogen-bond donors (Lipinski definition) is 1. The van der Waals surface area contributed by atoms with Crippen LogP contribution < -0.4 is 5.32 Å². The maximum atomic E-state index is 13.5. The predicted molar refractivity (Wildman–Crippen MR) is 90.5 cm³/mol. The molecule has 148 valence electrons. The summed E-state index contributed by atoms with van der Waals surface area (Å²) in [5.41, 5.74) is -0.396. The summed E-state index contributed by atoms with van der Waals surface area (Å²) >= 11 is 0. The Morgan fingerprint density at radius 3 is 2.21 bits per heavy atom. The zero-order valence-electron chi connectivity index (χ0n) is 14.6. The molecule has 0 bridgehead atoms. The van der Waals surface area contributed by atoms with Gasteiger partial charge in [0.2, 0.25) is 0 Å². The molecular formula is C19H15F4NO4. The number of esters is 1. The molecule has 0 saturated heterocycles. The first kappa shape index (κ1) is 21.1. The Morgan fingerprint density at radius 1 is 0.929 bits per heavy atom. The maximum Gasteiger partial charge on any atom is 0.307 e. The molecule has 2 aromatic carbocycles. The smallest absolute Gasteiger partial charge is 0.307 e. The van der Waals surface area contributed by atoms with Gasteiger partial charge in [0.1, 0.15) is 5.82 Å². The summed E-state index contributed by atoms with van der Waals surface area (Å²) in [7, 11) is 0. The number of amides is 1. The van der Waals surface area contributed by atoms with E-state index in [1.165, 1.54) is 19.1 Å². The second-order valence-corrected chi connectivity index (χ2v) is 5.77. The number of hydrogen-bond acceptors (Lipinski definition) is 4. The molecule has 1 atom stereocenters. The highest BCUT2D eigenvalue weighted by atomic mass is 19.2. The van der Waals surface area contributed by atoms with Crippen LogP contribution in [0, 0.1) is 23.3 Å². The fourth-order valence-corrected chi connectivity index (χ4v) is 2.16. The third-order valence-electron chi connectivity index (χ3n) is 3.69. The largest absolute Gasteiger partial charge is 0.453 e. The van der Waals surface area contributed by atoms with Crippen molar-refractivity contribution in [1.82, 2.24) is 0 Å². The molecule has 0 aliphatic rings. The SMILES string of the molecule is C[C@H](OC(=O)CCC(=O)c1ccc(F)cc1)C(=O)Nc1ccc(F)c(F)c1F. The molecule has 5 nitrogen and oxygen atoms in total. The minimum Gasteiger partial charge on any atom is -0.453 e. The van der Waals surface area contributed by atoms with Crippen LogP contribution in [0.5, 0.6) is 0 Å². The zero-order chi connectivity index (χ0) is 20.8. The quantitative estimate of drug-likeness (QED) is 0.334. The molecule has 2 rings (SSSR count). The first-order valence-electron chi connectivity index (χ1n) is 8.11. The van der Waals surface area contributed by atoms with Crippen molar-refractivity contribution in [3.8, 4) is 0 Å². The zero-order valence-corrected chi connectivity index (χ0v) is 14.6. The first-order valence-corrected chi connectivity index (χ1v) is 8.11. The second kappa shape index (κ2) is 9.12. The van der Waals surface area contributed by atoms with Crippen LogP contribution in [-0.4, -0.2) is 23.8 Å². The van der Waals surface area contributed by atoms with Crippen molar-refractivity contribution < 1.29 is 36.7 Å². The number of carbonyl (C=O) groups excluding carboxylic acids is 3. The fourth-order valence-electron chi connectivity index (χ4n) is 2.16. The minimum atomic E-state index is -1.75. The molecule has 0 saturated carbocycles. The third kappa shape index (κ3) is 5.38. The Hall–Kier alpha value is -3.23. The lowest BCUT2D eigenvalue weighted by molar-refractivity contribution is -0.153. The van der Waals surface area contributed by atoms with E-state index >= 15 is 0 Å². The van der Waals surface area contributed by atoms with E-state index in [2.05, 4.69) is 0 Å². The Bertz CT molecular complexity index is 900. The molecule has 1 amide bonds. The minimum absolute atomic E-state index is 0.216. The number of anilines is 1. The van der Waals surface area contributed by atoms with E-state index in [1.807, 2.05) is 5.32 Å². The highest BCUT2D eigenvalue weighted by molar-refractivity contribution is 5.98. The van der Waals surface area contributed by atoms with Gasteiger partial charge in [-0.05, 0) is 43.3 Å². The molecule has 0 heterocycles. The molecule has 2 aromatic rings. The molecule has 0 fully saturated rings. The number of ketones is 1. The molecule has 0 aliphatic heterocycles. The van der Waals surface area contributed by atoms with E-state index in [0.29, 0.717) is 6.07 Å². The molecule has 1 N–H and O–H groups in total. The average Bonchev–Trinajstić information content (AvgIpc) is 2.67. The van der Waals surface area contributed by atoms with E-state index in [1.54, 1.807) is 0 Å². The molecule has 28 heavy (non-hydrogen) atoms. The van der Waals surface area contributed by atoms with Gasteiger partial charge < -0.3 is 10.1 Å². The Balaban J connectivity index is 1.86. The summed E-state index contributed by atoms with van der Waals surface area (Å²) in [5.74, 6) is -7.52. The number of nitrogens with one attached hydrogen (secondary N) is 1. The van der Waals surface area contributed by atoms with Crippen LogP contribution in [0.2, 0.25) is 0 Å². The van der Waals surface area contributed by atoms with Gasteiger partial charge >= 0.3 is 5.97 Å². The van der Waals surface area contributed by atoms with Gasteiger partial charge in [0, 0.05) is 12.0 Å². The van der Waals surface area contributed by atoms with Gasteiger partial charge in [-0.15, -0.1) is 0 Å². The standard InChI is InChI=1S/C19H15F4NO4/c1-10(19(27)24-14-7-6-13(21)17(22)18(14)23)28-16(26)9-8-15(25)11-2-4-12(20)5-3-11/h2-7,10H,8-9H2,1H3,(H,24,27)/t10-/m0/s1. The number of ether oxygens (including phenoxy) is 1. The van der Waals surface area contributed by atoms with Crippen LogP contribution in [0.4, 0.5) is 23.2 Å². The molecule has 0 radical (unpaired) electrons. The van der Waals surface area contributed by atoms with Crippen LogP contribution in [0.15, 0.2) is 36.4 Å². The number of rotatable bonds is 7. The first-order chi connectivity index (χ1) is 13.2. The lowest BCUT2D eigenvalue weighted by Gasteiger charge is -2.14. The van der Waals surface area contributed by atoms with Crippen molar-refractivity contribution in [1.29, 1.82) is 0 Å². The molecular weight excluding hydrogens is 382 g/mol. The van der Waals surface area contributed by atoms with Crippen LogP contribution in [0.3, 0.4) is 0 Å². The summed E-state index contributed by atoms with van der Waals surface area (Å²) in [6.07, 6.45) is -1.94. The monoisotopic (exact) mass is 397 g/mol. The lowest BCUT2D eigenvalue weighted by atomic mass is 10.1. The van der Waals surface area contributed by atoms with Gasteiger partial charge in [-0.1, -0.05) is 0 Å². The molecule has 0 spiro atoms. The average molecular weight is 397 g/mol. The van der Waals surface area contributed by atoms with Crippen LogP contribution >= 0.6 is 0 Å². The van der Waals surface area contributed by atoms with Gasteiger partial charge in [0.15, 0.2) is 29.3 Å². The van der Waals surface area contributed by atoms with Crippen LogP contribution in [0.1, 0.15) is 30.1 Å². The highest BCUT2D eigenvalue weighted by Gasteiger charge is 2.21. The normalized spacial score (nSPS) is 11.6. The van der Waals surface area contributed by atoms with E-state index < -0.39 is 52.7 Å². The van der Waals surface area contributed by atoms with E-state index in [4.69, 9.17) is 4.74 Å². The maximum absolute atomic E-state index is 13.5. The van der Waals surface area contributed by atoms with Crippen molar-refractivity contribution in [2.75, 3.05) is 5.32 Å². The van der Waals surface area contributed by atoms with Crippen molar-refractivity contribution in [2.45, 2.75) is 25.9 Å². The highest BCUT2D eigenvalue weighted by Crippen LogP contribution is 2.20. The number of carbonyl (C=O) groups is 3. The fraction of sp³-hybridized carbons (Fsp3) is 0.211. The van der Waals surface area contributed by atoms with Crippen molar-refractivity contribution >= 4 is 23.3 Å². The van der Waals surface area contributed by atoms with Gasteiger partial charge in [-0.3, -0.25) is 14.4 Å². The van der Waals surface area contributed by atoms with Crippen LogP contribution in [0.25, 0.3) is 0 Å². The van der Waals surface area contributed by atoms with E-state index in [-0.39, 0.29) is 18.4 Å². The summed E-state index contributed by atoms with van der Waals surface area (Å²) < 4.78 is 57.2.